The lowest BCUT2D eigenvalue weighted by atomic mass is 9.99. The Morgan fingerprint density at radius 2 is 1.58 bits per heavy atom. The topological polar surface area (TPSA) is 55.8 Å². The molecule has 4 heterocycles. The number of carbonyl (C=O) groups is 1. The third kappa shape index (κ3) is 4.38. The van der Waals surface area contributed by atoms with Gasteiger partial charge in [-0.05, 0) is 38.6 Å². The number of carbonyl (C=O) groups excluding carboxylic acids is 1. The second-order valence-electron chi connectivity index (χ2n) is 10.2. The lowest BCUT2D eigenvalue weighted by molar-refractivity contribution is -0.136. The second kappa shape index (κ2) is 8.93. The first-order valence-corrected chi connectivity index (χ1v) is 12.5. The molecule has 0 atom stereocenters. The van der Waals surface area contributed by atoms with Crippen molar-refractivity contribution in [3.63, 3.8) is 0 Å². The number of fused-ring (bicyclic) bond motifs is 1. The zero-order valence-corrected chi connectivity index (χ0v) is 19.4. The highest BCUT2D eigenvalue weighted by molar-refractivity contribution is 5.79. The van der Waals surface area contributed by atoms with E-state index >= 15 is 0 Å². The van der Waals surface area contributed by atoms with Gasteiger partial charge in [-0.3, -0.25) is 4.79 Å². The van der Waals surface area contributed by atoms with Gasteiger partial charge in [-0.15, -0.1) is 0 Å². The van der Waals surface area contributed by atoms with Crippen molar-refractivity contribution >= 4 is 17.7 Å². The number of hydrogen-bond acceptors (Lipinski definition) is 6. The van der Waals surface area contributed by atoms with Gasteiger partial charge in [0, 0.05) is 63.7 Å². The second-order valence-corrected chi connectivity index (χ2v) is 10.2. The zero-order valence-electron chi connectivity index (χ0n) is 19.4. The maximum absolute atomic E-state index is 13.1. The molecule has 0 spiro atoms. The monoisotopic (exact) mass is 426 g/mol. The third-order valence-corrected chi connectivity index (χ3v) is 7.91. The lowest BCUT2D eigenvalue weighted by Crippen LogP contribution is -2.47. The van der Waals surface area contributed by atoms with Crippen LogP contribution in [0.3, 0.4) is 0 Å². The molecule has 2 saturated heterocycles. The van der Waals surface area contributed by atoms with Gasteiger partial charge in [-0.25, -0.2) is 4.98 Å². The quantitative estimate of drug-likeness (QED) is 0.740. The van der Waals surface area contributed by atoms with E-state index < -0.39 is 0 Å². The number of piperidine rings is 1. The van der Waals surface area contributed by atoms with E-state index in [9.17, 15) is 4.79 Å². The molecule has 7 heteroatoms. The van der Waals surface area contributed by atoms with E-state index in [-0.39, 0.29) is 5.92 Å². The number of anilines is 2. The Kier molecular flexibility index (Phi) is 6.04. The van der Waals surface area contributed by atoms with E-state index in [1.807, 2.05) is 0 Å². The van der Waals surface area contributed by atoms with E-state index in [1.54, 1.807) is 0 Å². The maximum Gasteiger partial charge on any atom is 0.227 e. The number of hydrogen-bond donors (Lipinski definition) is 0. The molecule has 170 valence electrons. The van der Waals surface area contributed by atoms with Crippen LogP contribution in [-0.4, -0.2) is 78.5 Å². The normalized spacial score (nSPS) is 24.0. The molecule has 1 aromatic heterocycles. The fourth-order valence-corrected chi connectivity index (χ4v) is 5.63. The van der Waals surface area contributed by atoms with Crippen LogP contribution in [0.2, 0.25) is 0 Å². The highest BCUT2D eigenvalue weighted by atomic mass is 16.2. The SMILES string of the molecule is CC1CCN(c2nc3c(c(N4CCN(C)CC4)n2)CN(C(=O)C2CCCC2)CC3)CC1. The summed E-state index contributed by atoms with van der Waals surface area (Å²) in [5, 5.41) is 0. The fourth-order valence-electron chi connectivity index (χ4n) is 5.63. The molecule has 1 amide bonds. The van der Waals surface area contributed by atoms with Crippen molar-refractivity contribution in [2.75, 3.05) is 62.7 Å². The van der Waals surface area contributed by atoms with Crippen LogP contribution in [0.1, 0.15) is 56.7 Å². The average molecular weight is 427 g/mol. The first-order valence-electron chi connectivity index (χ1n) is 12.5. The molecule has 0 radical (unpaired) electrons. The van der Waals surface area contributed by atoms with Gasteiger partial charge >= 0.3 is 0 Å². The highest BCUT2D eigenvalue weighted by Crippen LogP contribution is 2.33. The molecule has 0 unspecified atom stereocenters. The van der Waals surface area contributed by atoms with Gasteiger partial charge < -0.3 is 19.6 Å². The minimum absolute atomic E-state index is 0.240. The molecule has 0 bridgehead atoms. The zero-order chi connectivity index (χ0) is 21.4. The summed E-state index contributed by atoms with van der Waals surface area (Å²) in [5.41, 5.74) is 2.38. The van der Waals surface area contributed by atoms with Gasteiger partial charge in [-0.1, -0.05) is 19.8 Å². The van der Waals surface area contributed by atoms with Gasteiger partial charge in [-0.2, -0.15) is 4.98 Å². The predicted octanol–water partition coefficient (Wildman–Crippen LogP) is 2.54. The summed E-state index contributed by atoms with van der Waals surface area (Å²) in [5.74, 6) is 3.40. The molecule has 31 heavy (non-hydrogen) atoms. The van der Waals surface area contributed by atoms with Crippen LogP contribution in [0.15, 0.2) is 0 Å². The Balaban J connectivity index is 1.43. The third-order valence-electron chi connectivity index (χ3n) is 7.91. The van der Waals surface area contributed by atoms with E-state index in [4.69, 9.17) is 9.97 Å². The van der Waals surface area contributed by atoms with Crippen molar-refractivity contribution in [3.8, 4) is 0 Å². The van der Waals surface area contributed by atoms with Crippen LogP contribution in [0.5, 0.6) is 0 Å². The molecular weight excluding hydrogens is 388 g/mol. The molecule has 0 N–H and O–H groups in total. The summed E-state index contributed by atoms with van der Waals surface area (Å²) in [4.78, 5) is 32.7. The Morgan fingerprint density at radius 1 is 0.871 bits per heavy atom. The molecule has 5 rings (SSSR count). The maximum atomic E-state index is 13.1. The van der Waals surface area contributed by atoms with Gasteiger partial charge in [0.25, 0.3) is 0 Å². The summed E-state index contributed by atoms with van der Waals surface area (Å²) in [6, 6.07) is 0. The standard InChI is InChI=1S/C24H38N6O/c1-18-7-10-29(11-8-18)24-25-21-9-12-30(23(31)19-5-3-4-6-19)17-20(21)22(26-24)28-15-13-27(2)14-16-28/h18-19H,3-17H2,1-2H3. The minimum Gasteiger partial charge on any atom is -0.354 e. The Hall–Kier alpha value is -1.89. The van der Waals surface area contributed by atoms with Crippen molar-refractivity contribution in [3.05, 3.63) is 11.3 Å². The average Bonchev–Trinajstić information content (AvgIpc) is 3.34. The van der Waals surface area contributed by atoms with Crippen molar-refractivity contribution in [2.45, 2.75) is 58.4 Å². The molecule has 3 aliphatic heterocycles. The minimum atomic E-state index is 0.240. The van der Waals surface area contributed by atoms with Crippen molar-refractivity contribution in [1.29, 1.82) is 0 Å². The number of rotatable bonds is 3. The first-order chi connectivity index (χ1) is 15.1. The van der Waals surface area contributed by atoms with E-state index in [1.165, 1.54) is 36.9 Å². The smallest absolute Gasteiger partial charge is 0.227 e. The van der Waals surface area contributed by atoms with E-state index in [0.717, 1.165) is 82.8 Å². The first kappa shape index (κ1) is 21.0. The highest BCUT2D eigenvalue weighted by Gasteiger charge is 2.33. The van der Waals surface area contributed by atoms with Crippen LogP contribution in [-0.2, 0) is 17.8 Å². The fraction of sp³-hybridized carbons (Fsp3) is 0.792. The van der Waals surface area contributed by atoms with Gasteiger partial charge in [0.1, 0.15) is 5.82 Å². The molecule has 3 fully saturated rings. The number of likely N-dealkylation sites (N-methyl/N-ethyl adjacent to an activating group) is 1. The van der Waals surface area contributed by atoms with Crippen molar-refractivity contribution in [1.82, 2.24) is 19.8 Å². The van der Waals surface area contributed by atoms with E-state index in [2.05, 4.69) is 33.6 Å². The van der Waals surface area contributed by atoms with Crippen molar-refractivity contribution in [2.24, 2.45) is 11.8 Å². The Labute approximate surface area is 186 Å². The summed E-state index contributed by atoms with van der Waals surface area (Å²) >= 11 is 0. The molecule has 7 nitrogen and oxygen atoms in total. The van der Waals surface area contributed by atoms with Gasteiger partial charge in [0.2, 0.25) is 11.9 Å². The number of piperazine rings is 1. The lowest BCUT2D eigenvalue weighted by Gasteiger charge is -2.38. The summed E-state index contributed by atoms with van der Waals surface area (Å²) < 4.78 is 0. The van der Waals surface area contributed by atoms with Crippen LogP contribution in [0, 0.1) is 11.8 Å². The molecule has 0 aromatic carbocycles. The van der Waals surface area contributed by atoms with Crippen LogP contribution >= 0.6 is 0 Å². The van der Waals surface area contributed by atoms with Crippen LogP contribution in [0.4, 0.5) is 11.8 Å². The van der Waals surface area contributed by atoms with E-state index in [0.29, 0.717) is 12.5 Å². The van der Waals surface area contributed by atoms with Crippen LogP contribution < -0.4 is 9.80 Å². The molecule has 1 aromatic rings. The predicted molar refractivity (Wildman–Crippen MR) is 123 cm³/mol. The summed E-state index contributed by atoms with van der Waals surface area (Å²) in [7, 11) is 2.19. The Morgan fingerprint density at radius 3 is 2.29 bits per heavy atom. The number of nitrogens with zero attached hydrogens (tertiary/aromatic N) is 6. The summed E-state index contributed by atoms with van der Waals surface area (Å²) in [6.45, 7) is 10.0. The largest absolute Gasteiger partial charge is 0.354 e. The number of amides is 1. The molecular formula is C24H38N6O. The molecule has 4 aliphatic rings. The Bertz CT molecular complexity index is 792. The van der Waals surface area contributed by atoms with Gasteiger partial charge in [0.15, 0.2) is 0 Å². The molecule has 1 aliphatic carbocycles. The van der Waals surface area contributed by atoms with Crippen LogP contribution in [0.25, 0.3) is 0 Å². The molecule has 1 saturated carbocycles. The number of aromatic nitrogens is 2. The van der Waals surface area contributed by atoms with Gasteiger partial charge in [0.05, 0.1) is 12.2 Å². The van der Waals surface area contributed by atoms with Crippen molar-refractivity contribution < 1.29 is 4.79 Å². The summed E-state index contributed by atoms with van der Waals surface area (Å²) in [6.07, 6.45) is 7.82.